The van der Waals surface area contributed by atoms with Crippen molar-refractivity contribution in [3.63, 3.8) is 0 Å². The van der Waals surface area contributed by atoms with Crippen molar-refractivity contribution in [1.29, 1.82) is 0 Å². The molecule has 2 nitrogen and oxygen atoms in total. The molecule has 56 valence electrons. The zero-order chi connectivity index (χ0) is 7.33. The van der Waals surface area contributed by atoms with Crippen LogP contribution in [-0.4, -0.2) is 24.3 Å². The molecule has 0 aromatic carbocycles. The zero-order valence-electron chi connectivity index (χ0n) is 6.31. The molecule has 3 heteroatoms. The summed E-state index contributed by atoms with van der Waals surface area (Å²) in [5.41, 5.74) is 5.63. The van der Waals surface area contributed by atoms with Gasteiger partial charge in [-0.2, -0.15) is 0 Å². The summed E-state index contributed by atoms with van der Waals surface area (Å²) < 4.78 is 4.84. The van der Waals surface area contributed by atoms with Gasteiger partial charge in [-0.1, -0.05) is 0 Å². The first-order valence-corrected chi connectivity index (χ1v) is 4.07. The van der Waals surface area contributed by atoms with Crippen LogP contribution in [0.4, 0.5) is 0 Å². The monoisotopic (exact) mass is 149 g/mol. The maximum Gasteiger partial charge on any atom is 0.0917 e. The molecule has 0 atom stereocenters. The molecule has 0 bridgehead atoms. The van der Waals surface area contributed by atoms with Gasteiger partial charge in [0.2, 0.25) is 0 Å². The van der Waals surface area contributed by atoms with E-state index in [1.165, 1.54) is 0 Å². The Kier molecular flexibility index (Phi) is 4.27. The Labute approximate surface area is 61.1 Å². The van der Waals surface area contributed by atoms with E-state index >= 15 is 0 Å². The van der Waals surface area contributed by atoms with Gasteiger partial charge < -0.3 is 10.5 Å². The quantitative estimate of drug-likeness (QED) is 0.479. The van der Waals surface area contributed by atoms with Crippen molar-refractivity contribution in [3.05, 3.63) is 0 Å². The number of hydrogen-bond acceptors (Lipinski definition) is 3. The summed E-state index contributed by atoms with van der Waals surface area (Å²) in [5.74, 6) is 1.68. The molecule has 0 spiro atoms. The van der Waals surface area contributed by atoms with Crippen molar-refractivity contribution in [2.45, 2.75) is 19.4 Å². The number of ether oxygens (including phenoxy) is 1. The van der Waals surface area contributed by atoms with Crippen LogP contribution in [0.5, 0.6) is 0 Å². The van der Waals surface area contributed by atoms with E-state index in [2.05, 4.69) is 0 Å². The predicted octanol–water partition coefficient (Wildman–Crippen LogP) is 1.06. The van der Waals surface area contributed by atoms with Crippen molar-refractivity contribution in [1.82, 2.24) is 0 Å². The van der Waals surface area contributed by atoms with Gasteiger partial charge >= 0.3 is 0 Å². The SMILES string of the molecule is COCSCC(C)(C)N. The summed E-state index contributed by atoms with van der Waals surface area (Å²) in [7, 11) is 1.69. The van der Waals surface area contributed by atoms with Crippen molar-refractivity contribution in [2.24, 2.45) is 5.73 Å². The zero-order valence-corrected chi connectivity index (χ0v) is 7.12. The number of rotatable bonds is 4. The van der Waals surface area contributed by atoms with E-state index in [4.69, 9.17) is 10.5 Å². The molecule has 0 saturated carbocycles. The van der Waals surface area contributed by atoms with Gasteiger partial charge in [0.15, 0.2) is 0 Å². The van der Waals surface area contributed by atoms with Crippen LogP contribution in [0.25, 0.3) is 0 Å². The van der Waals surface area contributed by atoms with Crippen LogP contribution in [-0.2, 0) is 4.74 Å². The fourth-order valence-electron chi connectivity index (χ4n) is 0.388. The molecular formula is C6H15NOS. The van der Waals surface area contributed by atoms with E-state index in [1.54, 1.807) is 18.9 Å². The highest BCUT2D eigenvalue weighted by Crippen LogP contribution is 2.08. The fourth-order valence-corrected chi connectivity index (χ4v) is 1.16. The third kappa shape index (κ3) is 8.27. The van der Waals surface area contributed by atoms with Crippen LogP contribution in [0.2, 0.25) is 0 Å². The third-order valence-electron chi connectivity index (χ3n) is 0.675. The first kappa shape index (κ1) is 9.27. The molecule has 0 amide bonds. The molecule has 0 unspecified atom stereocenters. The van der Waals surface area contributed by atoms with E-state index in [1.807, 2.05) is 13.8 Å². The average Bonchev–Trinajstić information content (AvgIpc) is 1.63. The molecule has 0 radical (unpaired) electrons. The third-order valence-corrected chi connectivity index (χ3v) is 2.03. The van der Waals surface area contributed by atoms with E-state index in [0.29, 0.717) is 0 Å². The molecule has 0 aliphatic heterocycles. The Morgan fingerprint density at radius 3 is 2.44 bits per heavy atom. The molecule has 0 aromatic heterocycles. The van der Waals surface area contributed by atoms with E-state index in [-0.39, 0.29) is 5.54 Å². The topological polar surface area (TPSA) is 35.2 Å². The summed E-state index contributed by atoms with van der Waals surface area (Å²) in [5, 5.41) is 0. The second-order valence-corrected chi connectivity index (χ2v) is 3.68. The highest BCUT2D eigenvalue weighted by molar-refractivity contribution is 7.99. The van der Waals surface area contributed by atoms with Gasteiger partial charge in [-0.15, -0.1) is 11.8 Å². The number of hydrogen-bond donors (Lipinski definition) is 1. The molecule has 2 N–H and O–H groups in total. The maximum atomic E-state index is 5.70. The van der Waals surface area contributed by atoms with E-state index in [9.17, 15) is 0 Å². The molecule has 0 fully saturated rings. The highest BCUT2D eigenvalue weighted by Gasteiger charge is 2.08. The van der Waals surface area contributed by atoms with Crippen LogP contribution in [0.15, 0.2) is 0 Å². The van der Waals surface area contributed by atoms with Gasteiger partial charge in [-0.3, -0.25) is 0 Å². The molecular weight excluding hydrogens is 134 g/mol. The highest BCUT2D eigenvalue weighted by atomic mass is 32.2. The van der Waals surface area contributed by atoms with Crippen molar-refractivity contribution in [3.8, 4) is 0 Å². The van der Waals surface area contributed by atoms with Crippen LogP contribution in [0.3, 0.4) is 0 Å². The Hall–Kier alpha value is 0.270. The first-order valence-electron chi connectivity index (χ1n) is 2.92. The fraction of sp³-hybridized carbons (Fsp3) is 1.00. The smallest absolute Gasteiger partial charge is 0.0917 e. The lowest BCUT2D eigenvalue weighted by Gasteiger charge is -2.16. The number of methoxy groups -OCH3 is 1. The van der Waals surface area contributed by atoms with Gasteiger partial charge in [0, 0.05) is 18.4 Å². The van der Waals surface area contributed by atoms with Gasteiger partial charge in [-0.05, 0) is 13.8 Å². The predicted molar refractivity (Wildman–Crippen MR) is 42.6 cm³/mol. The van der Waals surface area contributed by atoms with Gasteiger partial charge in [0.05, 0.1) is 5.94 Å². The van der Waals surface area contributed by atoms with Gasteiger partial charge in [0.25, 0.3) is 0 Å². The molecule has 0 aliphatic rings. The van der Waals surface area contributed by atoms with Gasteiger partial charge in [0.1, 0.15) is 0 Å². The average molecular weight is 149 g/mol. The lowest BCUT2D eigenvalue weighted by molar-refractivity contribution is 0.258. The van der Waals surface area contributed by atoms with Crippen molar-refractivity contribution >= 4 is 11.8 Å². The van der Waals surface area contributed by atoms with Crippen molar-refractivity contribution in [2.75, 3.05) is 18.8 Å². The Morgan fingerprint density at radius 2 is 2.11 bits per heavy atom. The standard InChI is InChI=1S/C6H15NOS/c1-6(2,7)4-9-5-8-3/h4-5,7H2,1-3H3. The van der Waals surface area contributed by atoms with Crippen LogP contribution in [0, 0.1) is 0 Å². The first-order chi connectivity index (χ1) is 4.06. The minimum atomic E-state index is -0.0663. The second kappa shape index (κ2) is 4.14. The van der Waals surface area contributed by atoms with Crippen LogP contribution >= 0.6 is 11.8 Å². The lowest BCUT2D eigenvalue weighted by Crippen LogP contribution is -2.34. The number of nitrogens with two attached hydrogens (primary N) is 1. The van der Waals surface area contributed by atoms with Gasteiger partial charge in [-0.25, -0.2) is 0 Å². The van der Waals surface area contributed by atoms with E-state index < -0.39 is 0 Å². The second-order valence-electron chi connectivity index (χ2n) is 2.74. The normalized spacial score (nSPS) is 12.0. The molecule has 0 heterocycles. The Balaban J connectivity index is 3.07. The molecule has 0 aromatic rings. The molecule has 0 aliphatic carbocycles. The summed E-state index contributed by atoms with van der Waals surface area (Å²) in [6.07, 6.45) is 0. The summed E-state index contributed by atoms with van der Waals surface area (Å²) in [6, 6.07) is 0. The van der Waals surface area contributed by atoms with E-state index in [0.717, 1.165) is 11.7 Å². The molecule has 9 heavy (non-hydrogen) atoms. The minimum Gasteiger partial charge on any atom is -0.374 e. The Morgan fingerprint density at radius 1 is 1.56 bits per heavy atom. The summed E-state index contributed by atoms with van der Waals surface area (Å²) in [4.78, 5) is 0. The van der Waals surface area contributed by atoms with Crippen LogP contribution in [0.1, 0.15) is 13.8 Å². The lowest BCUT2D eigenvalue weighted by atomic mass is 10.1. The maximum absolute atomic E-state index is 5.70. The Bertz CT molecular complexity index is 69.9. The van der Waals surface area contributed by atoms with Crippen LogP contribution < -0.4 is 5.73 Å². The number of thioether (sulfide) groups is 1. The summed E-state index contributed by atoms with van der Waals surface area (Å²) >= 11 is 1.71. The minimum absolute atomic E-state index is 0.0663. The largest absolute Gasteiger partial charge is 0.374 e. The summed E-state index contributed by atoms with van der Waals surface area (Å²) in [6.45, 7) is 4.02. The van der Waals surface area contributed by atoms with Crippen molar-refractivity contribution < 1.29 is 4.74 Å². The molecule has 0 saturated heterocycles. The molecule has 0 rings (SSSR count).